The zero-order chi connectivity index (χ0) is 12.1. The predicted molar refractivity (Wildman–Crippen MR) is 62.7 cm³/mol. The molecule has 3 N–H and O–H groups in total. The minimum Gasteiger partial charge on any atom is -0.330 e. The van der Waals surface area contributed by atoms with E-state index in [2.05, 4.69) is 4.72 Å². The van der Waals surface area contributed by atoms with Crippen LogP contribution in [0.1, 0.15) is 27.2 Å². The van der Waals surface area contributed by atoms with Crippen molar-refractivity contribution in [2.45, 2.75) is 27.2 Å². The van der Waals surface area contributed by atoms with Crippen molar-refractivity contribution in [2.24, 2.45) is 11.1 Å². The first-order valence-electron chi connectivity index (χ1n) is 5.16. The highest BCUT2D eigenvalue weighted by Gasteiger charge is 2.24. The Morgan fingerprint density at radius 1 is 1.40 bits per heavy atom. The van der Waals surface area contributed by atoms with Crippen molar-refractivity contribution in [1.82, 2.24) is 9.03 Å². The van der Waals surface area contributed by atoms with Crippen LogP contribution in [0.4, 0.5) is 0 Å². The first-order valence-corrected chi connectivity index (χ1v) is 6.60. The molecule has 0 radical (unpaired) electrons. The maximum absolute atomic E-state index is 11.7. The largest absolute Gasteiger partial charge is 0.330 e. The third-order valence-corrected chi connectivity index (χ3v) is 3.67. The predicted octanol–water partition coefficient (Wildman–Crippen LogP) is 0.148. The van der Waals surface area contributed by atoms with Gasteiger partial charge in [0.25, 0.3) is 10.2 Å². The summed E-state index contributed by atoms with van der Waals surface area (Å²) in [6, 6.07) is 0. The Morgan fingerprint density at radius 2 is 1.93 bits per heavy atom. The summed E-state index contributed by atoms with van der Waals surface area (Å²) in [6.45, 7) is 7.16. The van der Waals surface area contributed by atoms with E-state index in [4.69, 9.17) is 5.73 Å². The Kier molecular flexibility index (Phi) is 5.72. The smallest absolute Gasteiger partial charge is 0.279 e. The summed E-state index contributed by atoms with van der Waals surface area (Å²) in [4.78, 5) is 0. The molecule has 0 fully saturated rings. The van der Waals surface area contributed by atoms with Gasteiger partial charge >= 0.3 is 0 Å². The summed E-state index contributed by atoms with van der Waals surface area (Å²) in [6.07, 6.45) is 0.785. The molecule has 6 heteroatoms. The van der Waals surface area contributed by atoms with Gasteiger partial charge in [0.2, 0.25) is 0 Å². The SMILES string of the molecule is CCCNS(=O)(=O)N(C)CC(C)(C)CN. The molecule has 0 saturated heterocycles. The highest BCUT2D eigenvalue weighted by atomic mass is 32.2. The van der Waals surface area contributed by atoms with Gasteiger partial charge in [-0.15, -0.1) is 0 Å². The Labute approximate surface area is 93.2 Å². The van der Waals surface area contributed by atoms with E-state index in [1.165, 1.54) is 4.31 Å². The van der Waals surface area contributed by atoms with Crippen LogP contribution in [0.15, 0.2) is 0 Å². The quantitative estimate of drug-likeness (QED) is 0.661. The highest BCUT2D eigenvalue weighted by molar-refractivity contribution is 7.87. The van der Waals surface area contributed by atoms with Crippen molar-refractivity contribution in [3.05, 3.63) is 0 Å². The fourth-order valence-corrected chi connectivity index (χ4v) is 2.30. The van der Waals surface area contributed by atoms with E-state index >= 15 is 0 Å². The molecule has 15 heavy (non-hydrogen) atoms. The maximum atomic E-state index is 11.7. The Bertz CT molecular complexity index is 275. The zero-order valence-electron chi connectivity index (χ0n) is 10.1. The minimum atomic E-state index is -3.34. The lowest BCUT2D eigenvalue weighted by molar-refractivity contribution is 0.289. The molecule has 5 nitrogen and oxygen atoms in total. The van der Waals surface area contributed by atoms with Crippen LogP contribution in [0.25, 0.3) is 0 Å². The molecule has 0 aliphatic rings. The zero-order valence-corrected chi connectivity index (χ0v) is 10.9. The lowest BCUT2D eigenvalue weighted by atomic mass is 9.94. The fraction of sp³-hybridized carbons (Fsp3) is 1.00. The van der Waals surface area contributed by atoms with Gasteiger partial charge in [0.05, 0.1) is 0 Å². The van der Waals surface area contributed by atoms with Gasteiger partial charge in [0.15, 0.2) is 0 Å². The molecule has 92 valence electrons. The molecule has 0 spiro atoms. The second kappa shape index (κ2) is 5.79. The lowest BCUT2D eigenvalue weighted by Gasteiger charge is -2.28. The second-order valence-corrected chi connectivity index (χ2v) is 6.39. The molecule has 0 atom stereocenters. The number of hydrogen-bond donors (Lipinski definition) is 2. The second-order valence-electron chi connectivity index (χ2n) is 4.52. The van der Waals surface area contributed by atoms with E-state index in [-0.39, 0.29) is 5.41 Å². The van der Waals surface area contributed by atoms with Gasteiger partial charge in [-0.05, 0) is 18.4 Å². The van der Waals surface area contributed by atoms with E-state index < -0.39 is 10.2 Å². The van der Waals surface area contributed by atoms with Crippen LogP contribution < -0.4 is 10.5 Å². The average Bonchev–Trinajstić information content (AvgIpc) is 2.14. The van der Waals surface area contributed by atoms with Crippen LogP contribution >= 0.6 is 0 Å². The summed E-state index contributed by atoms with van der Waals surface area (Å²) in [7, 11) is -1.77. The molecule has 0 aromatic heterocycles. The molecule has 0 aliphatic heterocycles. The summed E-state index contributed by atoms with van der Waals surface area (Å²) >= 11 is 0. The van der Waals surface area contributed by atoms with E-state index in [0.717, 1.165) is 6.42 Å². The van der Waals surface area contributed by atoms with Gasteiger partial charge in [0, 0.05) is 20.1 Å². The van der Waals surface area contributed by atoms with Crippen LogP contribution in [-0.4, -0.2) is 39.4 Å². The molecular weight excluding hydrogens is 214 g/mol. The van der Waals surface area contributed by atoms with Crippen LogP contribution in [0.5, 0.6) is 0 Å². The Morgan fingerprint density at radius 3 is 2.33 bits per heavy atom. The molecule has 0 heterocycles. The van der Waals surface area contributed by atoms with E-state index in [1.54, 1.807) is 7.05 Å². The van der Waals surface area contributed by atoms with Crippen molar-refractivity contribution in [1.29, 1.82) is 0 Å². The molecule has 0 aromatic carbocycles. The van der Waals surface area contributed by atoms with Gasteiger partial charge in [-0.3, -0.25) is 0 Å². The van der Waals surface area contributed by atoms with Gasteiger partial charge < -0.3 is 5.73 Å². The molecule has 0 rings (SSSR count). The molecular formula is C9H23N3O2S. The van der Waals surface area contributed by atoms with Gasteiger partial charge in [-0.25, -0.2) is 4.72 Å². The van der Waals surface area contributed by atoms with Crippen LogP contribution in [0, 0.1) is 5.41 Å². The third kappa shape index (κ3) is 5.46. The van der Waals surface area contributed by atoms with Crippen molar-refractivity contribution in [3.8, 4) is 0 Å². The monoisotopic (exact) mass is 237 g/mol. The Balaban J connectivity index is 4.37. The molecule has 0 unspecified atom stereocenters. The van der Waals surface area contributed by atoms with Crippen molar-refractivity contribution >= 4 is 10.2 Å². The summed E-state index contributed by atoms with van der Waals surface area (Å²) < 4.78 is 27.1. The topological polar surface area (TPSA) is 75.4 Å². The standard InChI is InChI=1S/C9H23N3O2S/c1-5-6-11-15(13,14)12(4)8-9(2,3)7-10/h11H,5-8,10H2,1-4H3. The number of rotatable bonds is 7. The molecule has 0 aliphatic carbocycles. The number of nitrogens with two attached hydrogens (primary N) is 1. The first-order chi connectivity index (χ1) is 6.75. The summed E-state index contributed by atoms with van der Waals surface area (Å²) in [5.74, 6) is 0. The lowest BCUT2D eigenvalue weighted by Crippen LogP contribution is -2.44. The average molecular weight is 237 g/mol. The van der Waals surface area contributed by atoms with Crippen LogP contribution in [0.3, 0.4) is 0 Å². The summed E-state index contributed by atoms with van der Waals surface area (Å²) in [5.41, 5.74) is 5.36. The first kappa shape index (κ1) is 14.8. The third-order valence-electron chi connectivity index (χ3n) is 2.15. The Hall–Kier alpha value is -0.170. The van der Waals surface area contributed by atoms with Gasteiger partial charge in [0.1, 0.15) is 0 Å². The maximum Gasteiger partial charge on any atom is 0.279 e. The molecule has 0 bridgehead atoms. The van der Waals surface area contributed by atoms with Crippen LogP contribution in [0.2, 0.25) is 0 Å². The van der Waals surface area contributed by atoms with Crippen LogP contribution in [-0.2, 0) is 10.2 Å². The van der Waals surface area contributed by atoms with Gasteiger partial charge in [-0.2, -0.15) is 12.7 Å². The van der Waals surface area contributed by atoms with Crippen molar-refractivity contribution in [3.63, 3.8) is 0 Å². The van der Waals surface area contributed by atoms with E-state index in [1.807, 2.05) is 20.8 Å². The normalized spacial score (nSPS) is 13.5. The van der Waals surface area contributed by atoms with Crippen molar-refractivity contribution in [2.75, 3.05) is 26.7 Å². The number of nitrogens with one attached hydrogen (secondary N) is 1. The van der Waals surface area contributed by atoms with E-state index in [0.29, 0.717) is 19.6 Å². The van der Waals surface area contributed by atoms with Crippen molar-refractivity contribution < 1.29 is 8.42 Å². The molecule has 0 aromatic rings. The number of hydrogen-bond acceptors (Lipinski definition) is 3. The minimum absolute atomic E-state index is 0.199. The molecule has 0 saturated carbocycles. The van der Waals surface area contributed by atoms with E-state index in [9.17, 15) is 8.42 Å². The fourth-order valence-electron chi connectivity index (χ4n) is 1.09. The molecule has 0 amide bonds. The van der Waals surface area contributed by atoms with Gasteiger partial charge in [-0.1, -0.05) is 20.8 Å². The summed E-state index contributed by atoms with van der Waals surface area (Å²) in [5, 5.41) is 0. The number of nitrogens with zero attached hydrogens (tertiary/aromatic N) is 1. The highest BCUT2D eigenvalue weighted by Crippen LogP contribution is 2.15.